The highest BCUT2D eigenvalue weighted by Crippen LogP contribution is 2.37. The van der Waals surface area contributed by atoms with Crippen molar-refractivity contribution < 1.29 is 18.0 Å². The minimum absolute atomic E-state index is 0.0498. The Kier molecular flexibility index (Phi) is 5.49. The van der Waals surface area contributed by atoms with Gasteiger partial charge in [-0.25, -0.2) is 19.3 Å². The van der Waals surface area contributed by atoms with E-state index in [-0.39, 0.29) is 17.1 Å². The maximum Gasteiger partial charge on any atom is 0.254 e. The predicted octanol–water partition coefficient (Wildman–Crippen LogP) is 3.92. The summed E-state index contributed by atoms with van der Waals surface area (Å²) in [5.41, 5.74) is 1.01. The number of methoxy groups -OCH3 is 1. The molecule has 10 nitrogen and oxygen atoms in total. The molecule has 34 heavy (non-hydrogen) atoms. The lowest BCUT2D eigenvalue weighted by atomic mass is 10.1. The molecule has 0 atom stereocenters. The van der Waals surface area contributed by atoms with Crippen molar-refractivity contribution in [3.63, 3.8) is 0 Å². The third-order valence-corrected chi connectivity index (χ3v) is 5.04. The first-order valence-electron chi connectivity index (χ1n) is 11.2. The number of nitrogens with one attached hydrogen (secondary N) is 3. The summed E-state index contributed by atoms with van der Waals surface area (Å²) >= 11 is 6.05. The van der Waals surface area contributed by atoms with Gasteiger partial charge in [-0.2, -0.15) is 5.10 Å². The summed E-state index contributed by atoms with van der Waals surface area (Å²) in [7, 11) is 3.10. The number of pyridine rings is 1. The summed E-state index contributed by atoms with van der Waals surface area (Å²) in [4.78, 5) is 25.0. The monoisotopic (exact) mass is 485 g/mol. The van der Waals surface area contributed by atoms with Crippen LogP contribution in [0.1, 0.15) is 14.5 Å². The number of carbonyl (C=O) groups is 1. The van der Waals surface area contributed by atoms with Crippen molar-refractivity contribution in [2.45, 2.75) is 0 Å². The molecule has 1 amide bonds. The van der Waals surface area contributed by atoms with Crippen LogP contribution in [-0.4, -0.2) is 44.7 Å². The number of hydrogen-bond acceptors (Lipinski definition) is 8. The SMILES string of the molecule is [2H]C([2H])([2H])NC(=O)c1cnc(Nc2cc(Cl)n(C)n2)cc1Nc1cccc(-c2ncc(F)cn2)c1OC. The topological polar surface area (TPSA) is 119 Å². The van der Waals surface area contributed by atoms with Gasteiger partial charge in [0.25, 0.3) is 5.91 Å². The largest absolute Gasteiger partial charge is 0.494 e. The van der Waals surface area contributed by atoms with Crippen molar-refractivity contribution in [2.75, 3.05) is 24.7 Å². The van der Waals surface area contributed by atoms with Gasteiger partial charge >= 0.3 is 0 Å². The molecule has 0 aliphatic heterocycles. The molecule has 3 heterocycles. The number of para-hydroxylation sites is 1. The molecule has 1 aromatic carbocycles. The Balaban J connectivity index is 1.75. The fourth-order valence-electron chi connectivity index (χ4n) is 3.14. The van der Waals surface area contributed by atoms with Gasteiger partial charge in [-0.3, -0.25) is 9.48 Å². The minimum atomic E-state index is -2.71. The Labute approximate surface area is 203 Å². The number of ether oxygens (including phenoxy) is 1. The summed E-state index contributed by atoms with van der Waals surface area (Å²) in [5.74, 6) is -0.254. The van der Waals surface area contributed by atoms with E-state index in [9.17, 15) is 9.18 Å². The van der Waals surface area contributed by atoms with Gasteiger partial charge in [0.1, 0.15) is 11.0 Å². The molecule has 4 aromatic rings. The highest BCUT2D eigenvalue weighted by Gasteiger charge is 2.18. The standard InChI is InChI=1S/C22H20ClFN8O2/c1-25-22(33)14-11-26-18(30-19-8-17(23)32(2)31-19)7-16(14)29-15-6-4-5-13(20(15)34-3)21-27-9-12(24)10-28-21/h4-11H,1-3H3,(H,25,33)(H2,26,29,30,31)/i1D3. The Morgan fingerprint density at radius 1 is 1.12 bits per heavy atom. The molecule has 0 unspecified atom stereocenters. The van der Waals surface area contributed by atoms with Crippen LogP contribution in [0.3, 0.4) is 0 Å². The van der Waals surface area contributed by atoms with E-state index in [1.54, 1.807) is 31.3 Å². The van der Waals surface area contributed by atoms with Crippen LogP contribution in [0.5, 0.6) is 5.75 Å². The number of halogens is 2. The second-order valence-electron chi connectivity index (χ2n) is 6.91. The van der Waals surface area contributed by atoms with Crippen LogP contribution in [0, 0.1) is 5.82 Å². The predicted molar refractivity (Wildman–Crippen MR) is 126 cm³/mol. The lowest BCUT2D eigenvalue weighted by Gasteiger charge is -2.17. The number of carbonyl (C=O) groups excluding carboxylic acids is 1. The molecule has 0 aliphatic carbocycles. The van der Waals surface area contributed by atoms with Crippen molar-refractivity contribution in [3.05, 3.63) is 65.5 Å². The van der Waals surface area contributed by atoms with E-state index in [4.69, 9.17) is 20.5 Å². The zero-order valence-electron chi connectivity index (χ0n) is 20.9. The van der Waals surface area contributed by atoms with E-state index in [1.807, 2.05) is 5.32 Å². The van der Waals surface area contributed by atoms with Gasteiger partial charge in [0.05, 0.1) is 42.0 Å². The van der Waals surface area contributed by atoms with E-state index >= 15 is 0 Å². The summed E-state index contributed by atoms with van der Waals surface area (Å²) in [5, 5.41) is 12.6. The van der Waals surface area contributed by atoms with Crippen LogP contribution in [-0.2, 0) is 7.05 Å². The highest BCUT2D eigenvalue weighted by atomic mass is 35.5. The minimum Gasteiger partial charge on any atom is -0.494 e. The van der Waals surface area contributed by atoms with Crippen LogP contribution in [0.2, 0.25) is 5.15 Å². The molecular formula is C22H20ClFN8O2. The van der Waals surface area contributed by atoms with Gasteiger partial charge in [-0.1, -0.05) is 17.7 Å². The van der Waals surface area contributed by atoms with Gasteiger partial charge in [0, 0.05) is 36.5 Å². The molecule has 174 valence electrons. The molecular weight excluding hydrogens is 463 g/mol. The Hall–Kier alpha value is -4.25. The molecule has 0 aliphatic rings. The number of hydrogen-bond donors (Lipinski definition) is 3. The molecule has 0 fully saturated rings. The average Bonchev–Trinajstić information content (AvgIpc) is 3.14. The molecule has 4 rings (SSSR count). The van der Waals surface area contributed by atoms with E-state index in [0.717, 1.165) is 12.4 Å². The van der Waals surface area contributed by atoms with Crippen molar-refractivity contribution in [3.8, 4) is 17.1 Å². The first-order chi connectivity index (χ1) is 17.5. The second-order valence-corrected chi connectivity index (χ2v) is 7.29. The summed E-state index contributed by atoms with van der Waals surface area (Å²) in [6.45, 7) is -2.71. The molecule has 0 bridgehead atoms. The molecule has 3 N–H and O–H groups in total. The summed E-state index contributed by atoms with van der Waals surface area (Å²) in [6, 6.07) is 8.12. The number of amides is 1. The van der Waals surface area contributed by atoms with Gasteiger partial charge in [-0.15, -0.1) is 0 Å². The van der Waals surface area contributed by atoms with Crippen molar-refractivity contribution in [1.82, 2.24) is 30.0 Å². The first kappa shape index (κ1) is 19.2. The van der Waals surface area contributed by atoms with Gasteiger partial charge in [0.15, 0.2) is 23.2 Å². The van der Waals surface area contributed by atoms with Crippen LogP contribution < -0.4 is 20.7 Å². The van der Waals surface area contributed by atoms with Gasteiger partial charge < -0.3 is 20.7 Å². The summed E-state index contributed by atoms with van der Waals surface area (Å²) < 4.78 is 42.5. The van der Waals surface area contributed by atoms with Gasteiger partial charge in [-0.05, 0) is 12.1 Å². The third kappa shape index (κ3) is 4.74. The fourth-order valence-corrected chi connectivity index (χ4v) is 3.28. The van der Waals surface area contributed by atoms with Crippen molar-refractivity contribution in [2.24, 2.45) is 7.05 Å². The fraction of sp³-hybridized carbons (Fsp3) is 0.136. The zero-order valence-corrected chi connectivity index (χ0v) is 18.7. The number of rotatable bonds is 7. The molecule has 0 saturated heterocycles. The van der Waals surface area contributed by atoms with E-state index < -0.39 is 18.7 Å². The average molecular weight is 486 g/mol. The lowest BCUT2D eigenvalue weighted by Crippen LogP contribution is -2.19. The molecule has 12 heteroatoms. The van der Waals surface area contributed by atoms with Crippen LogP contribution >= 0.6 is 11.6 Å². The van der Waals surface area contributed by atoms with Crippen LogP contribution in [0.4, 0.5) is 27.4 Å². The Bertz CT molecular complexity index is 1430. The number of aryl methyl sites for hydroxylation is 1. The first-order valence-corrected chi connectivity index (χ1v) is 10.1. The smallest absolute Gasteiger partial charge is 0.254 e. The zero-order chi connectivity index (χ0) is 26.7. The molecule has 0 radical (unpaired) electrons. The maximum absolute atomic E-state index is 13.3. The molecule has 0 saturated carbocycles. The van der Waals surface area contributed by atoms with E-state index in [1.165, 1.54) is 24.1 Å². The van der Waals surface area contributed by atoms with E-state index in [2.05, 4.69) is 30.7 Å². The van der Waals surface area contributed by atoms with Crippen molar-refractivity contribution in [1.29, 1.82) is 0 Å². The second kappa shape index (κ2) is 9.71. The number of nitrogens with zero attached hydrogens (tertiary/aromatic N) is 5. The molecule has 0 spiro atoms. The molecule has 3 aromatic heterocycles. The summed E-state index contributed by atoms with van der Waals surface area (Å²) in [6.07, 6.45) is 3.28. The number of anilines is 4. The van der Waals surface area contributed by atoms with Gasteiger partial charge in [0.2, 0.25) is 0 Å². The Morgan fingerprint density at radius 2 is 1.91 bits per heavy atom. The number of aromatic nitrogens is 5. The quantitative estimate of drug-likeness (QED) is 0.360. The van der Waals surface area contributed by atoms with Crippen LogP contribution in [0.15, 0.2) is 48.9 Å². The van der Waals surface area contributed by atoms with Crippen molar-refractivity contribution >= 4 is 40.5 Å². The van der Waals surface area contributed by atoms with E-state index in [0.29, 0.717) is 33.8 Å². The number of benzene rings is 1. The Morgan fingerprint density at radius 3 is 2.59 bits per heavy atom. The highest BCUT2D eigenvalue weighted by molar-refractivity contribution is 6.29. The van der Waals surface area contributed by atoms with Crippen LogP contribution in [0.25, 0.3) is 11.4 Å². The maximum atomic E-state index is 13.3. The third-order valence-electron chi connectivity index (χ3n) is 4.69. The lowest BCUT2D eigenvalue weighted by molar-refractivity contribution is 0.0963. The normalized spacial score (nSPS) is 12.3.